The van der Waals surface area contributed by atoms with Crippen molar-refractivity contribution >= 4 is 34.9 Å². The molecular weight excluding hydrogens is 509 g/mol. The minimum Gasteiger partial charge on any atom is -0.495 e. The second-order valence-corrected chi connectivity index (χ2v) is 9.21. The zero-order chi connectivity index (χ0) is 27.4. The highest BCUT2D eigenvalue weighted by atomic mass is 35.5. The molecule has 0 aliphatic carbocycles. The fraction of sp³-hybridized carbons (Fsp3) is 0.296. The van der Waals surface area contributed by atoms with Crippen LogP contribution in [0.25, 0.3) is 11.1 Å². The van der Waals surface area contributed by atoms with E-state index in [1.807, 2.05) is 29.3 Å². The van der Waals surface area contributed by atoms with Crippen molar-refractivity contribution in [3.63, 3.8) is 0 Å². The lowest BCUT2D eigenvalue weighted by atomic mass is 9.93. The standard InChI is InChI=1S/C27H33ClFN7O2/c1-31-27(32-2)25(15-37)36(33-3)26-20(14-34-23-12-18(29)7-5-17(23)13-30)19(8-10-22(26)35-27)16-6-9-21(28)24(11-16)38-4/h5-12,15,25,31-35H,13-14,30H2,1-4H3. The van der Waals surface area contributed by atoms with Crippen LogP contribution in [0.5, 0.6) is 5.75 Å². The number of hydrazine groups is 1. The van der Waals surface area contributed by atoms with Crippen molar-refractivity contribution in [2.75, 3.05) is 43.9 Å². The van der Waals surface area contributed by atoms with E-state index in [0.717, 1.165) is 39.9 Å². The molecule has 0 aromatic heterocycles. The van der Waals surface area contributed by atoms with Gasteiger partial charge in [0.1, 0.15) is 17.9 Å². The predicted molar refractivity (Wildman–Crippen MR) is 151 cm³/mol. The minimum absolute atomic E-state index is 0.251. The highest BCUT2D eigenvalue weighted by molar-refractivity contribution is 6.32. The third-order valence-electron chi connectivity index (χ3n) is 6.95. The molecule has 3 aromatic rings. The Morgan fingerprint density at radius 1 is 1.16 bits per heavy atom. The van der Waals surface area contributed by atoms with Gasteiger partial charge in [-0.25, -0.2) is 9.82 Å². The summed E-state index contributed by atoms with van der Waals surface area (Å²) < 4.78 is 19.6. The molecule has 7 N–H and O–H groups in total. The Balaban J connectivity index is 1.93. The van der Waals surface area contributed by atoms with Crippen LogP contribution in [-0.2, 0) is 17.9 Å². The van der Waals surface area contributed by atoms with Gasteiger partial charge in [-0.3, -0.25) is 15.6 Å². The highest BCUT2D eigenvalue weighted by Crippen LogP contribution is 2.43. The molecule has 1 unspecified atom stereocenters. The van der Waals surface area contributed by atoms with Crippen LogP contribution in [0.4, 0.5) is 21.5 Å². The number of carbonyl (C=O) groups excluding carboxylic acids is 1. The normalized spacial score (nSPS) is 16.0. The number of nitrogens with two attached hydrogens (primary N) is 1. The van der Waals surface area contributed by atoms with E-state index in [4.69, 9.17) is 22.1 Å². The lowest BCUT2D eigenvalue weighted by Crippen LogP contribution is -2.75. The van der Waals surface area contributed by atoms with Crippen LogP contribution in [0.15, 0.2) is 48.5 Å². The van der Waals surface area contributed by atoms with Gasteiger partial charge in [-0.2, -0.15) is 0 Å². The zero-order valence-electron chi connectivity index (χ0n) is 21.8. The lowest BCUT2D eigenvalue weighted by molar-refractivity contribution is -0.110. The van der Waals surface area contributed by atoms with Crippen LogP contribution in [0, 0.1) is 5.82 Å². The smallest absolute Gasteiger partial charge is 0.173 e. The van der Waals surface area contributed by atoms with Gasteiger partial charge in [0, 0.05) is 31.4 Å². The molecule has 1 aliphatic rings. The molecule has 3 aromatic carbocycles. The summed E-state index contributed by atoms with van der Waals surface area (Å²) in [4.78, 5) is 12.5. The third-order valence-corrected chi connectivity index (χ3v) is 7.26. The van der Waals surface area contributed by atoms with Gasteiger partial charge in [0.2, 0.25) is 0 Å². The summed E-state index contributed by atoms with van der Waals surface area (Å²) in [6.45, 7) is 0.554. The molecule has 1 aliphatic heterocycles. The van der Waals surface area contributed by atoms with Crippen LogP contribution >= 0.6 is 11.6 Å². The molecule has 0 bridgehead atoms. The fourth-order valence-electron chi connectivity index (χ4n) is 4.94. The Bertz CT molecular complexity index is 1320. The summed E-state index contributed by atoms with van der Waals surface area (Å²) >= 11 is 6.31. The number of fused-ring (bicyclic) bond motifs is 1. The van der Waals surface area contributed by atoms with E-state index in [1.165, 1.54) is 12.1 Å². The second-order valence-electron chi connectivity index (χ2n) is 8.80. The van der Waals surface area contributed by atoms with Gasteiger partial charge in [-0.1, -0.05) is 29.8 Å². The Morgan fingerprint density at radius 3 is 2.55 bits per heavy atom. The van der Waals surface area contributed by atoms with E-state index in [-0.39, 0.29) is 12.4 Å². The van der Waals surface area contributed by atoms with Crippen molar-refractivity contribution in [3.8, 4) is 16.9 Å². The number of hydrogen-bond acceptors (Lipinski definition) is 9. The molecule has 0 radical (unpaired) electrons. The number of nitrogens with one attached hydrogen (secondary N) is 5. The largest absolute Gasteiger partial charge is 0.495 e. The van der Waals surface area contributed by atoms with Gasteiger partial charge in [0.25, 0.3) is 0 Å². The molecule has 202 valence electrons. The van der Waals surface area contributed by atoms with Crippen LogP contribution in [-0.4, -0.2) is 46.4 Å². The number of halogens is 2. The van der Waals surface area contributed by atoms with E-state index in [2.05, 4.69) is 26.7 Å². The van der Waals surface area contributed by atoms with E-state index in [9.17, 15) is 9.18 Å². The Morgan fingerprint density at radius 2 is 1.92 bits per heavy atom. The Labute approximate surface area is 226 Å². The topological polar surface area (TPSA) is 116 Å². The molecular formula is C27H33ClFN7O2. The molecule has 0 amide bonds. The number of benzene rings is 3. The number of carbonyl (C=O) groups is 1. The van der Waals surface area contributed by atoms with E-state index in [0.29, 0.717) is 23.0 Å². The molecule has 4 rings (SSSR count). The van der Waals surface area contributed by atoms with Gasteiger partial charge in [0.15, 0.2) is 11.8 Å². The molecule has 38 heavy (non-hydrogen) atoms. The van der Waals surface area contributed by atoms with Crippen molar-refractivity contribution < 1.29 is 13.9 Å². The van der Waals surface area contributed by atoms with E-state index >= 15 is 0 Å². The van der Waals surface area contributed by atoms with Crippen molar-refractivity contribution in [1.29, 1.82) is 0 Å². The van der Waals surface area contributed by atoms with E-state index < -0.39 is 11.8 Å². The quantitative estimate of drug-likeness (QED) is 0.170. The first-order valence-electron chi connectivity index (χ1n) is 12.2. The summed E-state index contributed by atoms with van der Waals surface area (Å²) in [6, 6.07) is 13.3. The average molecular weight is 542 g/mol. The maximum atomic E-state index is 14.1. The van der Waals surface area contributed by atoms with Crippen LogP contribution in [0.3, 0.4) is 0 Å². The van der Waals surface area contributed by atoms with Crippen molar-refractivity contribution in [1.82, 2.24) is 16.1 Å². The molecule has 11 heteroatoms. The van der Waals surface area contributed by atoms with Crippen molar-refractivity contribution in [2.45, 2.75) is 24.9 Å². The maximum absolute atomic E-state index is 14.1. The lowest BCUT2D eigenvalue weighted by Gasteiger charge is -2.50. The minimum atomic E-state index is -0.942. The summed E-state index contributed by atoms with van der Waals surface area (Å²) in [6.07, 6.45) is 0.869. The first-order chi connectivity index (χ1) is 18.4. The fourth-order valence-corrected chi connectivity index (χ4v) is 5.14. The maximum Gasteiger partial charge on any atom is 0.173 e. The highest BCUT2D eigenvalue weighted by Gasteiger charge is 2.46. The number of anilines is 3. The zero-order valence-corrected chi connectivity index (χ0v) is 22.5. The first-order valence-corrected chi connectivity index (χ1v) is 12.5. The van der Waals surface area contributed by atoms with Crippen LogP contribution in [0.1, 0.15) is 11.1 Å². The van der Waals surface area contributed by atoms with Gasteiger partial charge < -0.3 is 25.9 Å². The van der Waals surface area contributed by atoms with Crippen molar-refractivity contribution in [2.24, 2.45) is 5.73 Å². The van der Waals surface area contributed by atoms with Gasteiger partial charge in [-0.05, 0) is 61.1 Å². The van der Waals surface area contributed by atoms with Gasteiger partial charge >= 0.3 is 0 Å². The number of nitrogens with zero attached hydrogens (tertiary/aromatic N) is 1. The van der Waals surface area contributed by atoms with Crippen LogP contribution < -0.4 is 42.2 Å². The summed E-state index contributed by atoms with van der Waals surface area (Å²) in [5.41, 5.74) is 14.6. The monoisotopic (exact) mass is 541 g/mol. The summed E-state index contributed by atoms with van der Waals surface area (Å²) in [5.74, 6) is -0.771. The van der Waals surface area contributed by atoms with Gasteiger partial charge in [0.05, 0.1) is 23.5 Å². The number of hydrogen-bond donors (Lipinski definition) is 6. The molecule has 9 nitrogen and oxygen atoms in total. The number of rotatable bonds is 10. The molecule has 1 heterocycles. The Hall–Kier alpha value is -3.41. The average Bonchev–Trinajstić information content (AvgIpc) is 2.94. The molecule has 0 spiro atoms. The second kappa shape index (κ2) is 11.5. The SMILES string of the molecule is CNN1c2c(ccc(-c3ccc(Cl)c(OC)c3)c2CNc2cc(F)ccc2CN)NC(NC)(NC)C1C=O. The van der Waals surface area contributed by atoms with E-state index in [1.54, 1.807) is 40.4 Å². The summed E-state index contributed by atoms with van der Waals surface area (Å²) in [7, 11) is 6.87. The van der Waals surface area contributed by atoms with Crippen LogP contribution in [0.2, 0.25) is 5.02 Å². The Kier molecular flexibility index (Phi) is 8.39. The number of methoxy groups -OCH3 is 1. The van der Waals surface area contributed by atoms with Crippen molar-refractivity contribution in [3.05, 3.63) is 70.5 Å². The number of likely N-dealkylation sites (N-methyl/N-ethyl adjacent to an activating group) is 2. The third kappa shape index (κ3) is 4.89. The molecule has 0 saturated heterocycles. The summed E-state index contributed by atoms with van der Waals surface area (Å²) in [5, 5.41) is 15.5. The molecule has 0 fully saturated rings. The van der Waals surface area contributed by atoms with Gasteiger partial charge in [-0.15, -0.1) is 0 Å². The predicted octanol–water partition coefficient (Wildman–Crippen LogP) is 3.25. The molecule has 0 saturated carbocycles. The molecule has 1 atom stereocenters. The first kappa shape index (κ1) is 27.6. The number of aldehydes is 1. The number of ether oxygens (including phenoxy) is 1.